The molecule has 2 N–H and O–H groups in total. The lowest BCUT2D eigenvalue weighted by atomic mass is 10.2. The Morgan fingerprint density at radius 3 is 3.12 bits per heavy atom. The molecule has 0 radical (unpaired) electrons. The maximum Gasteiger partial charge on any atom is 0.129 e. The monoisotopic (exact) mass is 285 g/mol. The van der Waals surface area contributed by atoms with E-state index in [-0.39, 0.29) is 6.10 Å². The molecule has 2 heterocycles. The number of nitrogens with two attached hydrogens (primary N) is 1. The second-order valence-electron chi connectivity index (χ2n) is 3.91. The van der Waals surface area contributed by atoms with E-state index in [1.165, 1.54) is 0 Å². The van der Waals surface area contributed by atoms with Gasteiger partial charge in [0.05, 0.1) is 18.4 Å². The van der Waals surface area contributed by atoms with E-state index in [1.807, 2.05) is 19.1 Å². The van der Waals surface area contributed by atoms with Gasteiger partial charge in [0.1, 0.15) is 5.82 Å². The Bertz CT molecular complexity index is 372. The highest BCUT2D eigenvalue weighted by Gasteiger charge is 2.20. The van der Waals surface area contributed by atoms with Crippen molar-refractivity contribution in [2.45, 2.75) is 13.0 Å². The highest BCUT2D eigenvalue weighted by atomic mass is 79.9. The van der Waals surface area contributed by atoms with Gasteiger partial charge >= 0.3 is 0 Å². The molecule has 0 saturated carbocycles. The van der Waals surface area contributed by atoms with E-state index in [0.717, 1.165) is 35.7 Å². The summed E-state index contributed by atoms with van der Waals surface area (Å²) in [5, 5.41) is 0. The van der Waals surface area contributed by atoms with Crippen LogP contribution in [0.15, 0.2) is 16.6 Å². The van der Waals surface area contributed by atoms with E-state index in [9.17, 15) is 0 Å². The van der Waals surface area contributed by atoms with E-state index in [4.69, 9.17) is 10.5 Å². The molecule has 1 aliphatic rings. The molecule has 0 amide bonds. The zero-order chi connectivity index (χ0) is 11.5. The Kier molecular flexibility index (Phi) is 3.78. The highest BCUT2D eigenvalue weighted by molar-refractivity contribution is 9.10. The highest BCUT2D eigenvalue weighted by Crippen LogP contribution is 2.20. The molecule has 1 atom stereocenters. The lowest BCUT2D eigenvalue weighted by Gasteiger charge is -2.33. The molecular weight excluding hydrogens is 270 g/mol. The van der Waals surface area contributed by atoms with Crippen molar-refractivity contribution in [1.29, 1.82) is 0 Å². The molecule has 0 bridgehead atoms. The average molecular weight is 286 g/mol. The van der Waals surface area contributed by atoms with Crippen LogP contribution in [0.1, 0.15) is 5.69 Å². The van der Waals surface area contributed by atoms with Crippen LogP contribution in [-0.4, -0.2) is 37.3 Å². The van der Waals surface area contributed by atoms with Crippen LogP contribution in [0.5, 0.6) is 0 Å². The molecule has 1 aromatic heterocycles. The largest absolute Gasteiger partial charge is 0.373 e. The maximum absolute atomic E-state index is 5.62. The van der Waals surface area contributed by atoms with Crippen molar-refractivity contribution in [1.82, 2.24) is 4.98 Å². The van der Waals surface area contributed by atoms with Crippen LogP contribution in [-0.2, 0) is 4.74 Å². The summed E-state index contributed by atoms with van der Waals surface area (Å²) in [5.74, 6) is 1.00. The van der Waals surface area contributed by atoms with Crippen molar-refractivity contribution in [2.75, 3.05) is 31.1 Å². The number of hydrogen-bond donors (Lipinski definition) is 1. The number of hydrogen-bond acceptors (Lipinski definition) is 4. The fourth-order valence-electron chi connectivity index (χ4n) is 1.78. The van der Waals surface area contributed by atoms with Gasteiger partial charge in [-0.3, -0.25) is 0 Å². The lowest BCUT2D eigenvalue weighted by Crippen LogP contribution is -2.46. The van der Waals surface area contributed by atoms with E-state index in [0.29, 0.717) is 6.54 Å². The van der Waals surface area contributed by atoms with Crippen molar-refractivity contribution in [3.05, 3.63) is 22.3 Å². The Labute approximate surface area is 104 Å². The Balaban J connectivity index is 2.13. The topological polar surface area (TPSA) is 51.4 Å². The Morgan fingerprint density at radius 1 is 1.62 bits per heavy atom. The van der Waals surface area contributed by atoms with Crippen LogP contribution in [0.2, 0.25) is 0 Å². The number of ether oxygens (including phenoxy) is 1. The van der Waals surface area contributed by atoms with Crippen LogP contribution in [0.4, 0.5) is 5.82 Å². The summed E-state index contributed by atoms with van der Waals surface area (Å²) in [4.78, 5) is 6.77. The number of aromatic nitrogens is 1. The molecular formula is C11H16BrN3O. The zero-order valence-electron chi connectivity index (χ0n) is 9.32. The first-order chi connectivity index (χ1) is 7.70. The summed E-state index contributed by atoms with van der Waals surface area (Å²) in [6, 6.07) is 4.06. The van der Waals surface area contributed by atoms with E-state index in [1.54, 1.807) is 0 Å². The lowest BCUT2D eigenvalue weighted by molar-refractivity contribution is 0.0463. The third-order valence-corrected chi connectivity index (χ3v) is 3.57. The minimum absolute atomic E-state index is 0.125. The van der Waals surface area contributed by atoms with E-state index >= 15 is 0 Å². The molecule has 1 fully saturated rings. The summed E-state index contributed by atoms with van der Waals surface area (Å²) in [6.45, 7) is 4.98. The summed E-state index contributed by atoms with van der Waals surface area (Å²) in [6.07, 6.45) is 0.125. The molecule has 4 nitrogen and oxygen atoms in total. The molecule has 1 saturated heterocycles. The van der Waals surface area contributed by atoms with Crippen molar-refractivity contribution in [3.8, 4) is 0 Å². The predicted molar refractivity (Wildman–Crippen MR) is 67.7 cm³/mol. The first-order valence-electron chi connectivity index (χ1n) is 5.40. The third kappa shape index (κ3) is 2.53. The van der Waals surface area contributed by atoms with Crippen molar-refractivity contribution < 1.29 is 4.74 Å². The molecule has 1 unspecified atom stereocenters. The number of anilines is 1. The zero-order valence-corrected chi connectivity index (χ0v) is 10.9. The summed E-state index contributed by atoms with van der Waals surface area (Å²) < 4.78 is 6.57. The van der Waals surface area contributed by atoms with Crippen LogP contribution < -0.4 is 10.6 Å². The Morgan fingerprint density at radius 2 is 2.44 bits per heavy atom. The minimum Gasteiger partial charge on any atom is -0.373 e. The van der Waals surface area contributed by atoms with Gasteiger partial charge in [-0.25, -0.2) is 4.98 Å². The molecule has 0 aromatic carbocycles. The van der Waals surface area contributed by atoms with Crippen LogP contribution in [0.3, 0.4) is 0 Å². The van der Waals surface area contributed by atoms with Gasteiger partial charge in [-0.1, -0.05) is 0 Å². The average Bonchev–Trinajstić information content (AvgIpc) is 2.33. The van der Waals surface area contributed by atoms with Crippen molar-refractivity contribution >= 4 is 21.7 Å². The second kappa shape index (κ2) is 5.12. The van der Waals surface area contributed by atoms with Gasteiger partial charge in [-0.15, -0.1) is 0 Å². The minimum atomic E-state index is 0.125. The van der Waals surface area contributed by atoms with Gasteiger partial charge in [0.25, 0.3) is 0 Å². The van der Waals surface area contributed by atoms with Gasteiger partial charge in [-0.2, -0.15) is 0 Å². The molecule has 2 rings (SSSR count). The van der Waals surface area contributed by atoms with Crippen LogP contribution in [0, 0.1) is 6.92 Å². The number of aryl methyl sites for hydroxylation is 1. The third-order valence-electron chi connectivity index (χ3n) is 2.73. The first kappa shape index (κ1) is 11.8. The van der Waals surface area contributed by atoms with Crippen molar-refractivity contribution in [2.24, 2.45) is 5.73 Å². The van der Waals surface area contributed by atoms with Gasteiger partial charge in [0.2, 0.25) is 0 Å². The fraction of sp³-hybridized carbons (Fsp3) is 0.545. The number of pyridine rings is 1. The van der Waals surface area contributed by atoms with Crippen molar-refractivity contribution in [3.63, 3.8) is 0 Å². The SMILES string of the molecule is Cc1nc(N2CCOC(CN)C2)ccc1Br. The first-order valence-corrected chi connectivity index (χ1v) is 6.20. The fourth-order valence-corrected chi connectivity index (χ4v) is 2.00. The van der Waals surface area contributed by atoms with Gasteiger partial charge < -0.3 is 15.4 Å². The molecule has 16 heavy (non-hydrogen) atoms. The second-order valence-corrected chi connectivity index (χ2v) is 4.77. The maximum atomic E-state index is 5.62. The van der Waals surface area contributed by atoms with E-state index < -0.39 is 0 Å². The quantitative estimate of drug-likeness (QED) is 0.891. The normalized spacial score (nSPS) is 21.2. The standard InChI is InChI=1S/C11H16BrN3O/c1-8-10(12)2-3-11(14-8)15-4-5-16-9(6-13)7-15/h2-3,9H,4-7,13H2,1H3. The predicted octanol–water partition coefficient (Wildman–Crippen LogP) is 1.32. The van der Waals surface area contributed by atoms with Gasteiger partial charge in [-0.05, 0) is 35.0 Å². The Hall–Kier alpha value is -0.650. The summed E-state index contributed by atoms with van der Waals surface area (Å²) in [5.41, 5.74) is 6.63. The van der Waals surface area contributed by atoms with Crippen LogP contribution in [0.25, 0.3) is 0 Å². The van der Waals surface area contributed by atoms with Crippen LogP contribution >= 0.6 is 15.9 Å². The number of rotatable bonds is 2. The molecule has 1 aromatic rings. The molecule has 5 heteroatoms. The van der Waals surface area contributed by atoms with Gasteiger partial charge in [0.15, 0.2) is 0 Å². The number of nitrogens with zero attached hydrogens (tertiary/aromatic N) is 2. The van der Waals surface area contributed by atoms with Gasteiger partial charge in [0, 0.05) is 24.1 Å². The van der Waals surface area contributed by atoms with E-state index in [2.05, 4.69) is 25.8 Å². The molecule has 0 aliphatic carbocycles. The number of morpholine rings is 1. The molecule has 0 spiro atoms. The summed E-state index contributed by atoms with van der Waals surface area (Å²) in [7, 11) is 0. The smallest absolute Gasteiger partial charge is 0.129 e. The summed E-state index contributed by atoms with van der Waals surface area (Å²) >= 11 is 3.45. The molecule has 88 valence electrons. The molecule has 1 aliphatic heterocycles. The number of halogens is 1.